The van der Waals surface area contributed by atoms with Gasteiger partial charge in [-0.15, -0.1) is 6.42 Å². The zero-order valence-electron chi connectivity index (χ0n) is 18.1. The lowest BCUT2D eigenvalue weighted by Crippen LogP contribution is -2.42. The molecule has 0 amide bonds. The predicted molar refractivity (Wildman–Crippen MR) is 113 cm³/mol. The molecule has 5 nitrogen and oxygen atoms in total. The minimum Gasteiger partial charge on any atom is -0.462 e. The third-order valence-electron chi connectivity index (χ3n) is 6.73. The number of aliphatic hydroxyl groups is 1. The van der Waals surface area contributed by atoms with Gasteiger partial charge in [-0.2, -0.15) is 0 Å². The monoisotopic (exact) mass is 412 g/mol. The molecule has 0 spiro atoms. The molecule has 1 N–H and O–H groups in total. The van der Waals surface area contributed by atoms with Crippen molar-refractivity contribution in [1.82, 2.24) is 0 Å². The maximum absolute atomic E-state index is 12.6. The highest BCUT2D eigenvalue weighted by atomic mass is 16.5. The van der Waals surface area contributed by atoms with Crippen molar-refractivity contribution in [3.8, 4) is 24.2 Å². The summed E-state index contributed by atoms with van der Waals surface area (Å²) in [5.41, 5.74) is 0.968. The first kappa shape index (κ1) is 22.4. The SMILES string of the molecule is C#C[C@H]1C=C2C#CC(C)[C@H](CCC3C[C@@H](O)CC(=O)O3)C2[C@@H](OC(=O)[C@@H](C)CC)C1. The number of terminal acetylenes is 1. The van der Waals surface area contributed by atoms with Gasteiger partial charge in [0.25, 0.3) is 0 Å². The fourth-order valence-electron chi connectivity index (χ4n) is 4.76. The van der Waals surface area contributed by atoms with Crippen LogP contribution in [0.4, 0.5) is 0 Å². The molecule has 0 radical (unpaired) electrons. The number of ether oxygens (including phenoxy) is 2. The molecule has 0 saturated carbocycles. The standard InChI is InChI=1S/C25H32O5/c1-5-15(3)25(28)30-22-12-17(6-2)11-18-8-7-16(4)21(24(18)22)10-9-20-13-19(26)14-23(27)29-20/h2,11,15-17,19-22,24,26H,5,9-10,12-14H2,1,3-4H3/t15-,16?,17-,19+,20?,21-,22-,24?/m0/s1. The van der Waals surface area contributed by atoms with E-state index in [0.717, 1.165) is 18.4 Å². The Labute approximate surface area is 179 Å². The highest BCUT2D eigenvalue weighted by Crippen LogP contribution is 2.43. The van der Waals surface area contributed by atoms with Crippen molar-refractivity contribution < 1.29 is 24.2 Å². The van der Waals surface area contributed by atoms with E-state index >= 15 is 0 Å². The van der Waals surface area contributed by atoms with Crippen molar-refractivity contribution >= 4 is 11.9 Å². The second-order valence-electron chi connectivity index (χ2n) is 8.95. The van der Waals surface area contributed by atoms with Crippen molar-refractivity contribution in [1.29, 1.82) is 0 Å². The van der Waals surface area contributed by atoms with Crippen molar-refractivity contribution in [2.75, 3.05) is 0 Å². The topological polar surface area (TPSA) is 72.8 Å². The third-order valence-corrected chi connectivity index (χ3v) is 6.73. The molecule has 3 rings (SSSR count). The summed E-state index contributed by atoms with van der Waals surface area (Å²) < 4.78 is 11.4. The number of rotatable bonds is 6. The van der Waals surface area contributed by atoms with E-state index in [1.54, 1.807) is 0 Å². The predicted octanol–water partition coefficient (Wildman–Crippen LogP) is 3.26. The molecule has 5 heteroatoms. The number of carbonyl (C=O) groups excluding carboxylic acids is 2. The lowest BCUT2D eigenvalue weighted by Gasteiger charge is -2.41. The van der Waals surface area contributed by atoms with E-state index in [9.17, 15) is 14.7 Å². The third kappa shape index (κ3) is 5.08. The summed E-state index contributed by atoms with van der Waals surface area (Å²) in [6.07, 6.45) is 9.84. The first-order valence-corrected chi connectivity index (χ1v) is 11.1. The van der Waals surface area contributed by atoms with Gasteiger partial charge in [0.15, 0.2) is 0 Å². The highest BCUT2D eigenvalue weighted by molar-refractivity contribution is 5.72. The summed E-state index contributed by atoms with van der Waals surface area (Å²) in [4.78, 5) is 24.2. The number of hydrogen-bond acceptors (Lipinski definition) is 5. The second-order valence-corrected chi connectivity index (χ2v) is 8.95. The Balaban J connectivity index is 1.78. The molecule has 1 fully saturated rings. The Morgan fingerprint density at radius 2 is 2.20 bits per heavy atom. The summed E-state index contributed by atoms with van der Waals surface area (Å²) >= 11 is 0. The maximum Gasteiger partial charge on any atom is 0.308 e. The van der Waals surface area contributed by atoms with Crippen LogP contribution in [-0.2, 0) is 19.1 Å². The Morgan fingerprint density at radius 3 is 2.87 bits per heavy atom. The largest absolute Gasteiger partial charge is 0.462 e. The van der Waals surface area contributed by atoms with Crippen LogP contribution in [-0.4, -0.2) is 35.4 Å². The van der Waals surface area contributed by atoms with E-state index in [1.807, 2.05) is 13.8 Å². The van der Waals surface area contributed by atoms with E-state index in [1.165, 1.54) is 0 Å². The number of aliphatic hydroxyl groups excluding tert-OH is 1. The molecule has 2 aliphatic carbocycles. The Morgan fingerprint density at radius 1 is 1.43 bits per heavy atom. The number of hydrogen-bond donors (Lipinski definition) is 1. The molecule has 3 unspecified atom stereocenters. The first-order chi connectivity index (χ1) is 14.3. The number of allylic oxidation sites excluding steroid dienone is 1. The van der Waals surface area contributed by atoms with Gasteiger partial charge in [0.05, 0.1) is 18.4 Å². The van der Waals surface area contributed by atoms with Crippen molar-refractivity contribution in [3.05, 3.63) is 11.6 Å². The minimum atomic E-state index is -0.634. The maximum atomic E-state index is 12.6. The summed E-state index contributed by atoms with van der Waals surface area (Å²) in [5, 5.41) is 9.89. The molecular formula is C25H32O5. The summed E-state index contributed by atoms with van der Waals surface area (Å²) in [6, 6.07) is 0. The van der Waals surface area contributed by atoms with Crippen molar-refractivity contribution in [2.45, 2.75) is 77.6 Å². The quantitative estimate of drug-likeness (QED) is 0.536. The van der Waals surface area contributed by atoms with Crippen LogP contribution in [0, 0.1) is 53.8 Å². The number of fused-ring (bicyclic) bond motifs is 1. The van der Waals surface area contributed by atoms with Gasteiger partial charge in [0.2, 0.25) is 0 Å². The van der Waals surface area contributed by atoms with E-state index in [2.05, 4.69) is 30.8 Å². The van der Waals surface area contributed by atoms with Crippen LogP contribution in [0.5, 0.6) is 0 Å². The van der Waals surface area contributed by atoms with E-state index < -0.39 is 6.10 Å². The number of cyclic esters (lactones) is 1. The van der Waals surface area contributed by atoms with Crippen LogP contribution in [0.1, 0.15) is 59.3 Å². The Bertz CT molecular complexity index is 795. The fourth-order valence-corrected chi connectivity index (χ4v) is 4.76. The second kappa shape index (κ2) is 9.71. The molecule has 0 aromatic rings. The molecule has 0 bridgehead atoms. The van der Waals surface area contributed by atoms with Crippen LogP contribution in [0.25, 0.3) is 0 Å². The molecule has 8 atom stereocenters. The van der Waals surface area contributed by atoms with Gasteiger partial charge in [-0.3, -0.25) is 9.59 Å². The smallest absolute Gasteiger partial charge is 0.308 e. The van der Waals surface area contributed by atoms with E-state index in [-0.39, 0.29) is 60.2 Å². The van der Waals surface area contributed by atoms with E-state index in [4.69, 9.17) is 15.9 Å². The average molecular weight is 413 g/mol. The normalized spacial score (nSPS) is 36.2. The highest BCUT2D eigenvalue weighted by Gasteiger charge is 2.43. The van der Waals surface area contributed by atoms with Crippen LogP contribution in [0.3, 0.4) is 0 Å². The molecule has 0 aromatic carbocycles. The number of carbonyl (C=O) groups is 2. The van der Waals surface area contributed by atoms with Gasteiger partial charge < -0.3 is 14.6 Å². The zero-order chi connectivity index (χ0) is 21.8. The van der Waals surface area contributed by atoms with Gasteiger partial charge in [-0.25, -0.2) is 0 Å². The zero-order valence-corrected chi connectivity index (χ0v) is 18.1. The van der Waals surface area contributed by atoms with Crippen molar-refractivity contribution in [2.24, 2.45) is 29.6 Å². The molecule has 1 aliphatic heterocycles. The average Bonchev–Trinajstić information content (AvgIpc) is 2.71. The van der Waals surface area contributed by atoms with Crippen molar-refractivity contribution in [3.63, 3.8) is 0 Å². The van der Waals surface area contributed by atoms with E-state index in [0.29, 0.717) is 19.3 Å². The Hall–Kier alpha value is -2.24. The van der Waals surface area contributed by atoms with Gasteiger partial charge in [0.1, 0.15) is 12.2 Å². The molecule has 162 valence electrons. The summed E-state index contributed by atoms with van der Waals surface area (Å²) in [7, 11) is 0. The molecule has 3 aliphatic rings. The first-order valence-electron chi connectivity index (χ1n) is 11.1. The van der Waals surface area contributed by atoms with Gasteiger partial charge in [-0.1, -0.05) is 44.6 Å². The number of esters is 2. The lowest BCUT2D eigenvalue weighted by atomic mass is 9.66. The van der Waals surface area contributed by atoms with Crippen LogP contribution in [0.2, 0.25) is 0 Å². The molecular weight excluding hydrogens is 380 g/mol. The van der Waals surface area contributed by atoms with Gasteiger partial charge >= 0.3 is 11.9 Å². The molecule has 1 saturated heterocycles. The minimum absolute atomic E-state index is 0.00284. The molecule has 0 aromatic heterocycles. The Kier molecular flexibility index (Phi) is 7.27. The lowest BCUT2D eigenvalue weighted by molar-refractivity contribution is -0.162. The van der Waals surface area contributed by atoms with Crippen LogP contribution >= 0.6 is 0 Å². The molecule has 1 heterocycles. The summed E-state index contributed by atoms with van der Waals surface area (Å²) in [6.45, 7) is 5.94. The van der Waals surface area contributed by atoms with Gasteiger partial charge in [-0.05, 0) is 25.2 Å². The molecule has 30 heavy (non-hydrogen) atoms. The van der Waals surface area contributed by atoms with Gasteiger partial charge in [0, 0.05) is 36.2 Å². The fraction of sp³-hybridized carbons (Fsp3) is 0.680. The van der Waals surface area contributed by atoms with Crippen LogP contribution in [0.15, 0.2) is 11.6 Å². The van der Waals surface area contributed by atoms with Crippen LogP contribution < -0.4 is 0 Å². The summed E-state index contributed by atoms with van der Waals surface area (Å²) in [5.74, 6) is 8.87.